The summed E-state index contributed by atoms with van der Waals surface area (Å²) in [6, 6.07) is 6.59. The van der Waals surface area contributed by atoms with Gasteiger partial charge in [0.25, 0.3) is 0 Å². The van der Waals surface area contributed by atoms with E-state index in [-0.39, 0.29) is 41.7 Å². The van der Waals surface area contributed by atoms with Gasteiger partial charge in [0.1, 0.15) is 6.10 Å². The zero-order valence-electron chi connectivity index (χ0n) is 20.1. The number of allylic oxidation sites excluding steroid dienone is 1. The van der Waals surface area contributed by atoms with E-state index < -0.39 is 0 Å². The van der Waals surface area contributed by atoms with Gasteiger partial charge in [-0.3, -0.25) is 9.69 Å². The van der Waals surface area contributed by atoms with Crippen molar-refractivity contribution in [1.82, 2.24) is 4.90 Å². The van der Waals surface area contributed by atoms with Gasteiger partial charge >= 0.3 is 5.97 Å². The van der Waals surface area contributed by atoms with Gasteiger partial charge in [-0.2, -0.15) is 0 Å². The molecule has 4 nitrogen and oxygen atoms in total. The van der Waals surface area contributed by atoms with E-state index in [2.05, 4.69) is 61.8 Å². The second-order valence-corrected chi connectivity index (χ2v) is 10.8. The molecular weight excluding hydrogens is 420 g/mol. The second kappa shape index (κ2) is 9.02. The minimum absolute atomic E-state index is 0. The minimum Gasteiger partial charge on any atom is -0.461 e. The maximum absolute atomic E-state index is 12.9. The predicted molar refractivity (Wildman–Crippen MR) is 132 cm³/mol. The van der Waals surface area contributed by atoms with Crippen LogP contribution in [0.2, 0.25) is 0 Å². The normalized spacial score (nSPS) is 34.8. The Morgan fingerprint density at radius 3 is 2.66 bits per heavy atom. The summed E-state index contributed by atoms with van der Waals surface area (Å²) >= 11 is 0. The summed E-state index contributed by atoms with van der Waals surface area (Å²) in [7, 11) is 0. The molecule has 0 amide bonds. The Hall–Kier alpha value is -1.52. The van der Waals surface area contributed by atoms with E-state index in [0.717, 1.165) is 39.1 Å². The van der Waals surface area contributed by atoms with Crippen molar-refractivity contribution >= 4 is 24.1 Å². The first-order valence-electron chi connectivity index (χ1n) is 12.3. The molecule has 176 valence electrons. The lowest BCUT2D eigenvalue weighted by atomic mass is 9.59. The van der Waals surface area contributed by atoms with Gasteiger partial charge in [-0.15, -0.1) is 12.4 Å². The van der Waals surface area contributed by atoms with E-state index in [9.17, 15) is 4.79 Å². The van der Waals surface area contributed by atoms with Crippen molar-refractivity contribution in [1.29, 1.82) is 0 Å². The molecular formula is C27H39ClN2O2. The molecule has 0 bridgehead atoms. The molecule has 32 heavy (non-hydrogen) atoms. The molecule has 0 radical (unpaired) electrons. The van der Waals surface area contributed by atoms with Gasteiger partial charge in [0.05, 0.1) is 5.92 Å². The van der Waals surface area contributed by atoms with Crippen molar-refractivity contribution in [3.63, 3.8) is 0 Å². The first-order valence-corrected chi connectivity index (χ1v) is 12.3. The average Bonchev–Trinajstić information content (AvgIpc) is 3.03. The van der Waals surface area contributed by atoms with Crippen molar-refractivity contribution in [2.24, 2.45) is 23.2 Å². The number of nitrogens with zero attached hydrogens (tertiary/aromatic N) is 2. The molecule has 1 saturated carbocycles. The Bertz CT molecular complexity index is 892. The molecule has 0 N–H and O–H groups in total. The van der Waals surface area contributed by atoms with Crippen molar-refractivity contribution in [2.75, 3.05) is 37.6 Å². The van der Waals surface area contributed by atoms with Crippen LogP contribution in [0, 0.1) is 37.0 Å². The Balaban J connectivity index is 0.00000245. The van der Waals surface area contributed by atoms with E-state index >= 15 is 0 Å². The SMILES string of the molecule is Cc1cccc(N2CCN(CC3C(=O)O[C@@H]4C[C@@]5(C)CCC[C@H](C)C5=C[C@H]34)CC2)c1C.Cl. The first-order chi connectivity index (χ1) is 14.9. The van der Waals surface area contributed by atoms with E-state index in [1.165, 1.54) is 36.1 Å². The van der Waals surface area contributed by atoms with E-state index in [1.54, 1.807) is 5.57 Å². The molecule has 1 aromatic rings. The van der Waals surface area contributed by atoms with Gasteiger partial charge in [-0.25, -0.2) is 0 Å². The highest BCUT2D eigenvalue weighted by atomic mass is 35.5. The van der Waals surface area contributed by atoms with Gasteiger partial charge < -0.3 is 9.64 Å². The van der Waals surface area contributed by atoms with Crippen LogP contribution in [0.5, 0.6) is 0 Å². The number of piperazine rings is 1. The number of halogens is 1. The maximum atomic E-state index is 12.9. The number of esters is 1. The molecule has 5 rings (SSSR count). The molecule has 0 spiro atoms. The third-order valence-electron chi connectivity index (χ3n) is 8.83. The fraction of sp³-hybridized carbons (Fsp3) is 0.667. The van der Waals surface area contributed by atoms with Crippen LogP contribution in [0.4, 0.5) is 5.69 Å². The largest absolute Gasteiger partial charge is 0.461 e. The van der Waals surface area contributed by atoms with Gasteiger partial charge in [0, 0.05) is 44.3 Å². The summed E-state index contributed by atoms with van der Waals surface area (Å²) in [5, 5.41) is 0. The Morgan fingerprint density at radius 2 is 1.91 bits per heavy atom. The molecule has 0 aromatic heterocycles. The number of anilines is 1. The van der Waals surface area contributed by atoms with E-state index in [1.807, 2.05) is 0 Å². The molecule has 3 fully saturated rings. The van der Waals surface area contributed by atoms with Crippen molar-refractivity contribution in [3.8, 4) is 0 Å². The van der Waals surface area contributed by atoms with Crippen LogP contribution >= 0.6 is 12.4 Å². The monoisotopic (exact) mass is 458 g/mol. The van der Waals surface area contributed by atoms with Gasteiger partial charge in [-0.1, -0.05) is 44.1 Å². The molecule has 2 saturated heterocycles. The zero-order chi connectivity index (χ0) is 21.8. The van der Waals surface area contributed by atoms with E-state index in [0.29, 0.717) is 5.92 Å². The van der Waals surface area contributed by atoms with Crippen molar-refractivity contribution in [2.45, 2.75) is 59.5 Å². The van der Waals surface area contributed by atoms with Crippen LogP contribution in [-0.2, 0) is 9.53 Å². The number of benzene rings is 1. The molecule has 5 heteroatoms. The first kappa shape index (κ1) is 23.6. The van der Waals surface area contributed by atoms with Crippen molar-refractivity contribution in [3.05, 3.63) is 41.0 Å². The molecule has 5 atom stereocenters. The van der Waals surface area contributed by atoms with Gasteiger partial charge in [0.2, 0.25) is 0 Å². The number of hydrogen-bond donors (Lipinski definition) is 0. The summed E-state index contributed by atoms with van der Waals surface area (Å²) in [5.74, 6) is 0.965. The summed E-state index contributed by atoms with van der Waals surface area (Å²) in [5.41, 5.74) is 5.96. The molecule has 1 aromatic carbocycles. The fourth-order valence-corrected chi connectivity index (χ4v) is 6.79. The summed E-state index contributed by atoms with van der Waals surface area (Å²) in [4.78, 5) is 17.9. The lowest BCUT2D eigenvalue weighted by molar-refractivity contribution is -0.145. The highest BCUT2D eigenvalue weighted by Crippen LogP contribution is 2.54. The minimum atomic E-state index is 0. The van der Waals surface area contributed by atoms with Crippen LogP contribution in [0.25, 0.3) is 0 Å². The Morgan fingerprint density at radius 1 is 1.16 bits per heavy atom. The maximum Gasteiger partial charge on any atom is 0.311 e. The topological polar surface area (TPSA) is 32.8 Å². The number of carbonyl (C=O) groups excluding carboxylic acids is 1. The van der Waals surface area contributed by atoms with Crippen molar-refractivity contribution < 1.29 is 9.53 Å². The number of carbonyl (C=O) groups is 1. The number of fused-ring (bicyclic) bond motifs is 2. The highest BCUT2D eigenvalue weighted by molar-refractivity contribution is 5.85. The summed E-state index contributed by atoms with van der Waals surface area (Å²) < 4.78 is 5.97. The van der Waals surface area contributed by atoms with Crippen LogP contribution in [0.15, 0.2) is 29.8 Å². The van der Waals surface area contributed by atoms with E-state index in [4.69, 9.17) is 4.74 Å². The number of hydrogen-bond acceptors (Lipinski definition) is 4. The number of rotatable bonds is 3. The highest BCUT2D eigenvalue weighted by Gasteiger charge is 2.52. The molecule has 2 aliphatic heterocycles. The molecule has 4 aliphatic rings. The Kier molecular flexibility index (Phi) is 6.66. The predicted octanol–water partition coefficient (Wildman–Crippen LogP) is 5.16. The average molecular weight is 459 g/mol. The van der Waals surface area contributed by atoms with Gasteiger partial charge in [-0.05, 0) is 61.6 Å². The molecule has 2 heterocycles. The third-order valence-corrected chi connectivity index (χ3v) is 8.83. The smallest absolute Gasteiger partial charge is 0.311 e. The zero-order valence-corrected chi connectivity index (χ0v) is 20.9. The van der Waals surface area contributed by atoms with Crippen LogP contribution in [0.3, 0.4) is 0 Å². The number of ether oxygens (including phenoxy) is 1. The lowest BCUT2D eigenvalue weighted by Gasteiger charge is -2.46. The number of aryl methyl sites for hydroxylation is 1. The summed E-state index contributed by atoms with van der Waals surface area (Å²) in [6.45, 7) is 14.1. The van der Waals surface area contributed by atoms with Crippen LogP contribution in [-0.4, -0.2) is 49.7 Å². The fourth-order valence-electron chi connectivity index (χ4n) is 6.79. The molecule has 1 unspecified atom stereocenters. The Labute approximate surface area is 199 Å². The van der Waals surface area contributed by atoms with Crippen LogP contribution in [0.1, 0.15) is 50.7 Å². The standard InChI is InChI=1S/C27H38N2O2.ClH/c1-18-7-5-9-24(20(18)3)29-13-11-28(12-14-29)17-22-21-15-23-19(2)8-6-10-27(23,4)16-25(21)31-26(22)30;/h5,7,9,15,19,21-22,25H,6,8,10-14,16-17H2,1-4H3;1H/t19-,21+,22?,25+,27+;/m0./s1. The quantitative estimate of drug-likeness (QED) is 0.462. The molecule has 2 aliphatic carbocycles. The van der Waals surface area contributed by atoms with Crippen LogP contribution < -0.4 is 4.90 Å². The summed E-state index contributed by atoms with van der Waals surface area (Å²) in [6.07, 6.45) is 7.44. The second-order valence-electron chi connectivity index (χ2n) is 10.8. The van der Waals surface area contributed by atoms with Gasteiger partial charge in [0.15, 0.2) is 0 Å². The third kappa shape index (κ3) is 4.09. The lowest BCUT2D eigenvalue weighted by Crippen LogP contribution is -2.49.